The Morgan fingerprint density at radius 2 is 2.08 bits per heavy atom. The van der Waals surface area contributed by atoms with E-state index in [2.05, 4.69) is 54.1 Å². The number of morpholine rings is 1. The predicted molar refractivity (Wildman–Crippen MR) is 145 cm³/mol. The Labute approximate surface area is 234 Å². The van der Waals surface area contributed by atoms with Crippen LogP contribution in [0.4, 0.5) is 13.9 Å². The van der Waals surface area contributed by atoms with Gasteiger partial charge in [0.1, 0.15) is 17.1 Å². The van der Waals surface area contributed by atoms with Crippen molar-refractivity contribution in [3.05, 3.63) is 46.5 Å². The van der Waals surface area contributed by atoms with Crippen LogP contribution in [0.3, 0.4) is 0 Å². The minimum absolute atomic E-state index is 0.123. The molecule has 5 rings (SSSR count). The summed E-state index contributed by atoms with van der Waals surface area (Å²) in [5.74, 6) is 12.3. The Morgan fingerprint density at radius 3 is 2.83 bits per heavy atom. The Balaban J connectivity index is 1.45. The monoisotopic (exact) mass is 564 g/mol. The second-order valence-electron chi connectivity index (χ2n) is 9.35. The van der Waals surface area contributed by atoms with Crippen molar-refractivity contribution in [2.24, 2.45) is 5.92 Å². The van der Waals surface area contributed by atoms with Crippen LogP contribution in [-0.4, -0.2) is 70.4 Å². The molecule has 1 aliphatic heterocycles. The van der Waals surface area contributed by atoms with Gasteiger partial charge in [0.15, 0.2) is 5.01 Å². The minimum Gasteiger partial charge on any atom is -0.494 e. The molecule has 2 fully saturated rings. The molecule has 3 aromatic heterocycles. The number of pyridine rings is 2. The predicted octanol–water partition coefficient (Wildman–Crippen LogP) is 4.03. The van der Waals surface area contributed by atoms with Gasteiger partial charge in [-0.2, -0.15) is 0 Å². The summed E-state index contributed by atoms with van der Waals surface area (Å²) in [7, 11) is 1.40. The number of rotatable bonds is 6. The maximum Gasteiger partial charge on any atom is 0.280 e. The molecule has 0 radical (unpaired) electrons. The average molecular weight is 565 g/mol. The molecular formula is C28H26F2N6O3S. The molecule has 1 atom stereocenters. The number of alkyl halides is 2. The number of ether oxygens (including phenoxy) is 2. The van der Waals surface area contributed by atoms with Gasteiger partial charge >= 0.3 is 0 Å². The zero-order chi connectivity index (χ0) is 28.1. The van der Waals surface area contributed by atoms with E-state index >= 15 is 0 Å². The van der Waals surface area contributed by atoms with Gasteiger partial charge in [-0.3, -0.25) is 20.0 Å². The van der Waals surface area contributed by atoms with Gasteiger partial charge < -0.3 is 9.47 Å². The van der Waals surface area contributed by atoms with Crippen molar-refractivity contribution in [3.63, 3.8) is 0 Å². The third-order valence-corrected chi connectivity index (χ3v) is 6.98. The van der Waals surface area contributed by atoms with Crippen molar-refractivity contribution in [2.45, 2.75) is 32.3 Å². The standard InChI is InChI=1S/C28H26F2N6O3S/c1-17-16-36(10-11-39-17)9-3-4-19-12-20(21-13-23(26(29)30)32-15-24(21)38-2)22(14-31-19)27(37)33-28-35-34-25(40-28)8-7-18-5-6-18/h12-15,17-18,26H,5-6,9-11,16H2,1-2H3,(H,33,35,37)/t17-/m0/s1. The van der Waals surface area contributed by atoms with Gasteiger partial charge in [0.2, 0.25) is 5.13 Å². The largest absolute Gasteiger partial charge is 0.494 e. The van der Waals surface area contributed by atoms with Crippen LogP contribution >= 0.6 is 11.3 Å². The summed E-state index contributed by atoms with van der Waals surface area (Å²) in [6, 6.07) is 2.79. The second-order valence-corrected chi connectivity index (χ2v) is 10.3. The van der Waals surface area contributed by atoms with E-state index in [4.69, 9.17) is 9.47 Å². The molecule has 0 bridgehead atoms. The van der Waals surface area contributed by atoms with Crippen molar-refractivity contribution in [3.8, 4) is 40.6 Å². The van der Waals surface area contributed by atoms with Crippen molar-refractivity contribution in [2.75, 3.05) is 38.7 Å². The number of nitrogens with one attached hydrogen (secondary N) is 1. The average Bonchev–Trinajstić information content (AvgIpc) is 3.68. The third kappa shape index (κ3) is 6.96. The van der Waals surface area contributed by atoms with Crippen LogP contribution in [0, 0.1) is 29.6 Å². The molecule has 40 heavy (non-hydrogen) atoms. The van der Waals surface area contributed by atoms with Gasteiger partial charge in [0.05, 0.1) is 38.1 Å². The lowest BCUT2D eigenvalue weighted by Crippen LogP contribution is -2.41. The first-order valence-electron chi connectivity index (χ1n) is 12.7. The van der Waals surface area contributed by atoms with Gasteiger partial charge in [-0.05, 0) is 43.7 Å². The van der Waals surface area contributed by atoms with E-state index in [0.29, 0.717) is 35.3 Å². The molecule has 4 heterocycles. The molecule has 1 aliphatic carbocycles. The second kappa shape index (κ2) is 12.5. The Hall–Kier alpha value is -3.97. The summed E-state index contributed by atoms with van der Waals surface area (Å²) in [5, 5.41) is 11.5. The normalized spacial score (nSPS) is 17.0. The maximum atomic E-state index is 13.6. The van der Waals surface area contributed by atoms with Gasteiger partial charge in [-0.25, -0.2) is 13.8 Å². The first kappa shape index (κ1) is 27.6. The number of halogens is 2. The van der Waals surface area contributed by atoms with E-state index in [1.165, 1.54) is 25.6 Å². The Morgan fingerprint density at radius 1 is 1.23 bits per heavy atom. The number of anilines is 1. The quantitative estimate of drug-likeness (QED) is 0.448. The molecule has 0 spiro atoms. The zero-order valence-electron chi connectivity index (χ0n) is 21.9. The van der Waals surface area contributed by atoms with E-state index in [9.17, 15) is 13.6 Å². The molecule has 0 unspecified atom stereocenters. The number of carbonyl (C=O) groups excluding carboxylic acids is 1. The van der Waals surface area contributed by atoms with Crippen molar-refractivity contribution >= 4 is 22.4 Å². The molecule has 3 aromatic rings. The number of aromatic nitrogens is 4. The van der Waals surface area contributed by atoms with Crippen LogP contribution in [0.1, 0.15) is 52.9 Å². The number of hydrogen-bond donors (Lipinski definition) is 1. The van der Waals surface area contributed by atoms with E-state index in [0.717, 1.165) is 37.3 Å². The molecule has 1 saturated carbocycles. The van der Waals surface area contributed by atoms with Gasteiger partial charge in [-0.1, -0.05) is 23.2 Å². The molecule has 206 valence electrons. The molecule has 0 aromatic carbocycles. The lowest BCUT2D eigenvalue weighted by atomic mass is 9.99. The fraction of sp³-hybridized carbons (Fsp3) is 0.393. The third-order valence-electron chi connectivity index (χ3n) is 6.22. The molecule has 1 N–H and O–H groups in total. The van der Waals surface area contributed by atoms with Crippen LogP contribution in [-0.2, 0) is 4.74 Å². The molecule has 1 amide bonds. The lowest BCUT2D eigenvalue weighted by Gasteiger charge is -2.29. The van der Waals surface area contributed by atoms with E-state index in [1.54, 1.807) is 6.07 Å². The van der Waals surface area contributed by atoms with E-state index < -0.39 is 18.0 Å². The zero-order valence-corrected chi connectivity index (χ0v) is 22.7. The topological polar surface area (TPSA) is 102 Å². The van der Waals surface area contributed by atoms with Gasteiger partial charge in [-0.15, -0.1) is 10.2 Å². The molecule has 1 saturated heterocycles. The smallest absolute Gasteiger partial charge is 0.280 e. The maximum absolute atomic E-state index is 13.6. The number of methoxy groups -OCH3 is 1. The highest BCUT2D eigenvalue weighted by Gasteiger charge is 2.22. The van der Waals surface area contributed by atoms with Crippen molar-refractivity contribution in [1.82, 2.24) is 25.1 Å². The first-order valence-corrected chi connectivity index (χ1v) is 13.5. The van der Waals surface area contributed by atoms with E-state index in [-0.39, 0.29) is 28.1 Å². The van der Waals surface area contributed by atoms with Crippen LogP contribution in [0.25, 0.3) is 11.1 Å². The number of amides is 1. The fourth-order valence-corrected chi connectivity index (χ4v) is 4.64. The summed E-state index contributed by atoms with van der Waals surface area (Å²) in [4.78, 5) is 23.7. The summed E-state index contributed by atoms with van der Waals surface area (Å²) in [6.45, 7) is 4.73. The molecule has 2 aliphatic rings. The van der Waals surface area contributed by atoms with Crippen LogP contribution in [0.15, 0.2) is 24.5 Å². The van der Waals surface area contributed by atoms with Crippen molar-refractivity contribution in [1.29, 1.82) is 0 Å². The summed E-state index contributed by atoms with van der Waals surface area (Å²) in [6.07, 6.45) is 2.07. The summed E-state index contributed by atoms with van der Waals surface area (Å²) >= 11 is 1.15. The first-order chi connectivity index (χ1) is 19.4. The van der Waals surface area contributed by atoms with E-state index in [1.807, 2.05) is 6.92 Å². The van der Waals surface area contributed by atoms with Gasteiger partial charge in [0, 0.05) is 36.3 Å². The van der Waals surface area contributed by atoms with Crippen LogP contribution in [0.2, 0.25) is 0 Å². The SMILES string of the molecule is COc1cnc(C(F)F)cc1-c1cc(C#CCN2CCO[C@@H](C)C2)ncc1C(=O)Nc1nnc(C#CC2CC2)s1. The lowest BCUT2D eigenvalue weighted by molar-refractivity contribution is -0.0133. The number of carbonyl (C=O) groups is 1. The number of nitrogens with zero attached hydrogens (tertiary/aromatic N) is 5. The highest BCUT2D eigenvalue weighted by atomic mass is 32.1. The Kier molecular flexibility index (Phi) is 8.60. The Bertz CT molecular complexity index is 1520. The van der Waals surface area contributed by atoms with Crippen LogP contribution in [0.5, 0.6) is 5.75 Å². The molecule has 12 heteroatoms. The highest BCUT2D eigenvalue weighted by Crippen LogP contribution is 2.35. The highest BCUT2D eigenvalue weighted by molar-refractivity contribution is 7.15. The molecular weight excluding hydrogens is 538 g/mol. The van der Waals surface area contributed by atoms with Crippen LogP contribution < -0.4 is 10.1 Å². The van der Waals surface area contributed by atoms with Crippen molar-refractivity contribution < 1.29 is 23.0 Å². The summed E-state index contributed by atoms with van der Waals surface area (Å²) < 4.78 is 38.1. The number of hydrogen-bond acceptors (Lipinski definition) is 9. The van der Waals surface area contributed by atoms with Gasteiger partial charge in [0.25, 0.3) is 12.3 Å². The fourth-order valence-electron chi connectivity index (χ4n) is 4.04. The minimum atomic E-state index is -2.81. The summed E-state index contributed by atoms with van der Waals surface area (Å²) in [5.41, 5.74) is 0.628. The molecule has 9 nitrogen and oxygen atoms in total.